The van der Waals surface area contributed by atoms with Crippen LogP contribution in [0.1, 0.15) is 6.42 Å². The van der Waals surface area contributed by atoms with Gasteiger partial charge in [0.1, 0.15) is 0 Å². The lowest BCUT2D eigenvalue weighted by Gasteiger charge is -2.17. The van der Waals surface area contributed by atoms with E-state index < -0.39 is 0 Å². The highest BCUT2D eigenvalue weighted by molar-refractivity contribution is 14.1. The number of carbonyl (C=O) groups is 1. The molecule has 1 nitrogen and oxygen atoms in total. The smallest absolute Gasteiger partial charge is 0.172 e. The Balaban J connectivity index is 2.07. The highest BCUT2D eigenvalue weighted by Gasteiger charge is 2.50. The molecule has 0 aliphatic heterocycles. The fourth-order valence-corrected chi connectivity index (χ4v) is 3.64. The van der Waals surface area contributed by atoms with Crippen molar-refractivity contribution in [2.75, 3.05) is 0 Å². The molecule has 0 saturated heterocycles. The van der Waals surface area contributed by atoms with Crippen molar-refractivity contribution in [3.8, 4) is 0 Å². The van der Waals surface area contributed by atoms with Gasteiger partial charge >= 0.3 is 0 Å². The van der Waals surface area contributed by atoms with Gasteiger partial charge in [-0.1, -0.05) is 18.2 Å². The van der Waals surface area contributed by atoms with Crippen LogP contribution < -0.4 is 0 Å². The number of hydrogen-bond donors (Lipinski definition) is 0. The van der Waals surface area contributed by atoms with E-state index in [2.05, 4.69) is 40.8 Å². The van der Waals surface area contributed by atoms with Crippen LogP contribution in [0.3, 0.4) is 0 Å². The van der Waals surface area contributed by atoms with Crippen LogP contribution in [-0.2, 0) is 4.79 Å². The van der Waals surface area contributed by atoms with Crippen LogP contribution >= 0.6 is 22.6 Å². The summed E-state index contributed by atoms with van der Waals surface area (Å²) >= 11 is 2.18. The SMILES string of the molecule is O=C1C(I)=C[C@H]2[C@@H]1[C@@H]1C=C[C@H]2C1. The normalized spacial score (nSPS) is 48.4. The first-order valence-electron chi connectivity index (χ1n) is 4.37. The number of Topliss-reactive ketones (excluding diaryl/α,β-unsaturated/α-hetero) is 1. The number of hydrogen-bond acceptors (Lipinski definition) is 1. The van der Waals surface area contributed by atoms with E-state index in [1.807, 2.05) is 0 Å². The minimum absolute atomic E-state index is 0.326. The van der Waals surface area contributed by atoms with Gasteiger partial charge in [-0.2, -0.15) is 0 Å². The van der Waals surface area contributed by atoms with E-state index in [0.29, 0.717) is 29.5 Å². The van der Waals surface area contributed by atoms with Gasteiger partial charge in [0.2, 0.25) is 0 Å². The molecule has 62 valence electrons. The maximum atomic E-state index is 11.7. The van der Waals surface area contributed by atoms with Crippen molar-refractivity contribution < 1.29 is 4.79 Å². The van der Waals surface area contributed by atoms with E-state index in [4.69, 9.17) is 0 Å². The van der Waals surface area contributed by atoms with Gasteiger partial charge < -0.3 is 0 Å². The van der Waals surface area contributed by atoms with Crippen molar-refractivity contribution in [2.45, 2.75) is 6.42 Å². The summed E-state index contributed by atoms with van der Waals surface area (Å²) in [5.74, 6) is 2.52. The van der Waals surface area contributed by atoms with Gasteiger partial charge in [-0.15, -0.1) is 0 Å². The average molecular weight is 272 g/mol. The third-order valence-corrected chi connectivity index (χ3v) is 4.29. The zero-order valence-corrected chi connectivity index (χ0v) is 8.69. The van der Waals surface area contributed by atoms with Gasteiger partial charge in [-0.3, -0.25) is 4.79 Å². The summed E-state index contributed by atoms with van der Waals surface area (Å²) in [6.45, 7) is 0. The highest BCUT2D eigenvalue weighted by Crippen LogP contribution is 2.53. The van der Waals surface area contributed by atoms with Crippen LogP contribution in [0.15, 0.2) is 21.8 Å². The molecule has 1 fully saturated rings. The van der Waals surface area contributed by atoms with E-state index in [0.717, 1.165) is 3.58 Å². The van der Waals surface area contributed by atoms with Crippen LogP contribution in [0.2, 0.25) is 0 Å². The van der Waals surface area contributed by atoms with E-state index in [1.165, 1.54) is 6.42 Å². The summed E-state index contributed by atoms with van der Waals surface area (Å²) in [6, 6.07) is 0. The summed E-state index contributed by atoms with van der Waals surface area (Å²) in [7, 11) is 0. The van der Waals surface area contributed by atoms with Gasteiger partial charge in [0, 0.05) is 5.92 Å². The topological polar surface area (TPSA) is 17.1 Å². The van der Waals surface area contributed by atoms with Gasteiger partial charge in [-0.05, 0) is 46.8 Å². The Bertz CT molecular complexity index is 316. The molecule has 0 radical (unpaired) electrons. The first kappa shape index (κ1) is 7.30. The van der Waals surface area contributed by atoms with E-state index in [1.54, 1.807) is 0 Å². The number of carbonyl (C=O) groups excluding carboxylic acids is 1. The summed E-state index contributed by atoms with van der Waals surface area (Å²) in [5.41, 5.74) is 0. The molecule has 0 unspecified atom stereocenters. The minimum atomic E-state index is 0.326. The average Bonchev–Trinajstić information content (AvgIpc) is 2.66. The fourth-order valence-electron chi connectivity index (χ4n) is 2.87. The Morgan fingerprint density at radius 1 is 1.33 bits per heavy atom. The molecule has 12 heavy (non-hydrogen) atoms. The van der Waals surface area contributed by atoms with Crippen LogP contribution in [0.5, 0.6) is 0 Å². The molecule has 2 heteroatoms. The van der Waals surface area contributed by atoms with Crippen molar-refractivity contribution in [3.05, 3.63) is 21.8 Å². The molecule has 0 aromatic rings. The largest absolute Gasteiger partial charge is 0.293 e. The lowest BCUT2D eigenvalue weighted by atomic mass is 9.85. The number of rotatable bonds is 0. The van der Waals surface area contributed by atoms with Gasteiger partial charge in [0.05, 0.1) is 3.58 Å². The summed E-state index contributed by atoms with van der Waals surface area (Å²) < 4.78 is 0.973. The number of fused-ring (bicyclic) bond motifs is 5. The lowest BCUT2D eigenvalue weighted by molar-refractivity contribution is -0.118. The second kappa shape index (κ2) is 2.22. The molecule has 0 aromatic heterocycles. The maximum absolute atomic E-state index is 11.7. The first-order valence-corrected chi connectivity index (χ1v) is 5.45. The molecule has 2 bridgehead atoms. The molecule has 1 saturated carbocycles. The number of halogens is 1. The maximum Gasteiger partial charge on any atom is 0.172 e. The molecule has 0 aromatic carbocycles. The minimum Gasteiger partial charge on any atom is -0.293 e. The third-order valence-electron chi connectivity index (χ3n) is 3.40. The van der Waals surface area contributed by atoms with Gasteiger partial charge in [0.15, 0.2) is 5.78 Å². The van der Waals surface area contributed by atoms with Crippen LogP contribution in [0.25, 0.3) is 0 Å². The molecule has 3 aliphatic carbocycles. The Hall–Kier alpha value is -0.120. The molecular weight excluding hydrogens is 263 g/mol. The van der Waals surface area contributed by atoms with E-state index in [9.17, 15) is 4.79 Å². The quantitative estimate of drug-likeness (QED) is 0.488. The van der Waals surface area contributed by atoms with Gasteiger partial charge in [-0.25, -0.2) is 0 Å². The van der Waals surface area contributed by atoms with E-state index in [-0.39, 0.29) is 0 Å². The Morgan fingerprint density at radius 3 is 2.83 bits per heavy atom. The van der Waals surface area contributed by atoms with Gasteiger partial charge in [0.25, 0.3) is 0 Å². The molecule has 0 heterocycles. The first-order chi connectivity index (χ1) is 5.77. The Labute approximate surface area is 85.1 Å². The highest BCUT2D eigenvalue weighted by atomic mass is 127. The van der Waals surface area contributed by atoms with Crippen molar-refractivity contribution in [1.82, 2.24) is 0 Å². The molecule has 3 rings (SSSR count). The Morgan fingerprint density at radius 2 is 2.08 bits per heavy atom. The van der Waals surface area contributed by atoms with Crippen molar-refractivity contribution in [2.24, 2.45) is 23.7 Å². The molecule has 0 amide bonds. The standard InChI is InChI=1S/C10H9IO/c11-8-4-7-5-1-2-6(3-5)9(7)10(8)12/h1-2,4-7,9H,3H2/t5-,6+,7+,9-/m0/s1. The third kappa shape index (κ3) is 0.721. The number of allylic oxidation sites excluding steroid dienone is 4. The van der Waals surface area contributed by atoms with Crippen molar-refractivity contribution in [3.63, 3.8) is 0 Å². The second-order valence-electron chi connectivity index (χ2n) is 3.93. The predicted molar refractivity (Wildman–Crippen MR) is 54.8 cm³/mol. The van der Waals surface area contributed by atoms with Crippen molar-refractivity contribution in [1.29, 1.82) is 0 Å². The summed E-state index contributed by atoms with van der Waals surface area (Å²) in [5, 5.41) is 0. The molecule has 0 N–H and O–H groups in total. The fraction of sp³-hybridized carbons (Fsp3) is 0.500. The van der Waals surface area contributed by atoms with Crippen LogP contribution in [0, 0.1) is 23.7 Å². The Kier molecular flexibility index (Phi) is 1.35. The zero-order chi connectivity index (χ0) is 8.29. The predicted octanol–water partition coefficient (Wildman–Crippen LogP) is 2.33. The van der Waals surface area contributed by atoms with Crippen molar-refractivity contribution >= 4 is 28.4 Å². The summed E-state index contributed by atoms with van der Waals surface area (Å²) in [6.07, 6.45) is 7.95. The molecule has 0 spiro atoms. The molecule has 3 aliphatic rings. The summed E-state index contributed by atoms with van der Waals surface area (Å²) in [4.78, 5) is 11.7. The molecular formula is C10H9IO. The van der Waals surface area contributed by atoms with Crippen LogP contribution in [0.4, 0.5) is 0 Å². The lowest BCUT2D eigenvalue weighted by Crippen LogP contribution is -2.20. The van der Waals surface area contributed by atoms with E-state index >= 15 is 0 Å². The monoisotopic (exact) mass is 272 g/mol. The van der Waals surface area contributed by atoms with Crippen LogP contribution in [-0.4, -0.2) is 5.78 Å². The molecule has 4 atom stereocenters. The number of ketones is 1. The zero-order valence-electron chi connectivity index (χ0n) is 6.53. The second-order valence-corrected chi connectivity index (χ2v) is 5.09.